The van der Waals surface area contributed by atoms with Crippen molar-refractivity contribution >= 4 is 28.9 Å². The van der Waals surface area contributed by atoms with Gasteiger partial charge in [0, 0.05) is 30.8 Å². The van der Waals surface area contributed by atoms with Crippen LogP contribution < -0.4 is 10.2 Å². The van der Waals surface area contributed by atoms with Gasteiger partial charge in [-0.05, 0) is 50.1 Å². The molecule has 1 aliphatic heterocycles. The van der Waals surface area contributed by atoms with Crippen molar-refractivity contribution in [2.75, 3.05) is 29.9 Å². The number of amides is 1. The monoisotopic (exact) mass is 465 g/mol. The number of piperidine rings is 1. The zero-order chi connectivity index (χ0) is 24.2. The van der Waals surface area contributed by atoms with Crippen LogP contribution in [0.3, 0.4) is 0 Å². The number of anilines is 2. The molecule has 0 bridgehead atoms. The molecule has 8 nitrogen and oxygen atoms in total. The van der Waals surface area contributed by atoms with Gasteiger partial charge in [-0.1, -0.05) is 6.07 Å². The third kappa shape index (κ3) is 5.79. The minimum absolute atomic E-state index is 0.0917. The minimum atomic E-state index is -4.68. The number of nitro benzene ring substituents is 1. The summed E-state index contributed by atoms with van der Waals surface area (Å²) in [7, 11) is 0. The first-order valence-corrected chi connectivity index (χ1v) is 10.3. The quantitative estimate of drug-likeness (QED) is 0.379. The molecule has 1 fully saturated rings. The summed E-state index contributed by atoms with van der Waals surface area (Å²) < 4.78 is 43.7. The van der Waals surface area contributed by atoms with Gasteiger partial charge in [-0.3, -0.25) is 14.9 Å². The summed E-state index contributed by atoms with van der Waals surface area (Å²) in [5.74, 6) is -1.15. The smallest absolute Gasteiger partial charge is 0.416 e. The van der Waals surface area contributed by atoms with Crippen LogP contribution in [-0.4, -0.2) is 36.5 Å². The normalized spacial score (nSPS) is 14.6. The first kappa shape index (κ1) is 24.0. The van der Waals surface area contributed by atoms with Crippen LogP contribution in [0.15, 0.2) is 42.5 Å². The van der Waals surface area contributed by atoms with E-state index in [1.165, 1.54) is 6.07 Å². The Hall–Kier alpha value is -3.63. The van der Waals surface area contributed by atoms with Crippen molar-refractivity contribution in [3.05, 3.63) is 63.7 Å². The van der Waals surface area contributed by atoms with Gasteiger partial charge in [0.1, 0.15) is 5.69 Å². The Balaban J connectivity index is 1.65. The second kappa shape index (κ2) is 9.88. The number of hydrogen-bond acceptors (Lipinski definition) is 6. The van der Waals surface area contributed by atoms with Crippen LogP contribution in [0, 0.1) is 16.0 Å². The number of carbonyl (C=O) groups excluding carboxylic acids is 2. The lowest BCUT2D eigenvalue weighted by molar-refractivity contribution is -0.384. The van der Waals surface area contributed by atoms with E-state index in [0.717, 1.165) is 12.1 Å². The van der Waals surface area contributed by atoms with E-state index in [1.807, 2.05) is 0 Å². The molecule has 11 heteroatoms. The van der Waals surface area contributed by atoms with E-state index >= 15 is 0 Å². The highest BCUT2D eigenvalue weighted by Crippen LogP contribution is 2.37. The molecule has 2 aromatic carbocycles. The van der Waals surface area contributed by atoms with Gasteiger partial charge in [0.15, 0.2) is 0 Å². The van der Waals surface area contributed by atoms with Crippen LogP contribution in [0.5, 0.6) is 0 Å². The fraction of sp³-hybridized carbons (Fsp3) is 0.364. The number of nitrogens with one attached hydrogen (secondary N) is 1. The van der Waals surface area contributed by atoms with Gasteiger partial charge in [-0.2, -0.15) is 13.2 Å². The first-order chi connectivity index (χ1) is 15.6. The third-order valence-corrected chi connectivity index (χ3v) is 5.35. The number of hydrogen-bond donors (Lipinski definition) is 1. The lowest BCUT2D eigenvalue weighted by Crippen LogP contribution is -2.38. The first-order valence-electron chi connectivity index (χ1n) is 10.3. The molecule has 1 saturated heterocycles. The Bertz CT molecular complexity index is 1050. The van der Waals surface area contributed by atoms with Gasteiger partial charge in [0.05, 0.1) is 22.7 Å². The molecule has 0 atom stereocenters. The molecule has 176 valence electrons. The van der Waals surface area contributed by atoms with E-state index in [-0.39, 0.29) is 37.2 Å². The Kier molecular flexibility index (Phi) is 7.19. The fourth-order valence-corrected chi connectivity index (χ4v) is 3.68. The maximum Gasteiger partial charge on any atom is 0.416 e. The Morgan fingerprint density at radius 3 is 2.48 bits per heavy atom. The van der Waals surface area contributed by atoms with Crippen molar-refractivity contribution in [3.63, 3.8) is 0 Å². The van der Waals surface area contributed by atoms with Crippen LogP contribution in [0.1, 0.15) is 35.7 Å². The van der Waals surface area contributed by atoms with Gasteiger partial charge in [0.25, 0.3) is 5.69 Å². The molecule has 1 N–H and O–H groups in total. The summed E-state index contributed by atoms with van der Waals surface area (Å²) in [5.41, 5.74) is -0.875. The number of rotatable bonds is 6. The molecular formula is C22H22F3N3O5. The summed E-state index contributed by atoms with van der Waals surface area (Å²) in [6.07, 6.45) is -3.96. The van der Waals surface area contributed by atoms with Crippen LogP contribution in [-0.2, 0) is 15.7 Å². The maximum atomic E-state index is 12.9. The van der Waals surface area contributed by atoms with E-state index in [9.17, 15) is 32.9 Å². The number of carbonyl (C=O) groups is 2. The van der Waals surface area contributed by atoms with E-state index in [2.05, 4.69) is 5.32 Å². The number of esters is 1. The number of nitrogens with zero attached hydrogens (tertiary/aromatic N) is 2. The third-order valence-electron chi connectivity index (χ3n) is 5.35. The van der Waals surface area contributed by atoms with Gasteiger partial charge >= 0.3 is 12.1 Å². The van der Waals surface area contributed by atoms with Crippen molar-refractivity contribution in [1.29, 1.82) is 0 Å². The van der Waals surface area contributed by atoms with E-state index in [4.69, 9.17) is 4.74 Å². The number of halogens is 3. The predicted molar refractivity (Wildman–Crippen MR) is 114 cm³/mol. The lowest BCUT2D eigenvalue weighted by atomic mass is 9.95. The summed E-state index contributed by atoms with van der Waals surface area (Å²) in [5, 5.41) is 14.1. The highest BCUT2D eigenvalue weighted by molar-refractivity contribution is 5.95. The number of nitro groups is 1. The highest BCUT2D eigenvalue weighted by atomic mass is 19.4. The average Bonchev–Trinajstić information content (AvgIpc) is 2.78. The second-order valence-electron chi connectivity index (χ2n) is 7.51. The average molecular weight is 465 g/mol. The van der Waals surface area contributed by atoms with Crippen LogP contribution in [0.2, 0.25) is 0 Å². The van der Waals surface area contributed by atoms with Crippen molar-refractivity contribution < 1.29 is 32.4 Å². The molecule has 0 radical (unpaired) electrons. The topological polar surface area (TPSA) is 102 Å². The largest absolute Gasteiger partial charge is 0.462 e. The van der Waals surface area contributed by atoms with Crippen molar-refractivity contribution in [1.82, 2.24) is 0 Å². The SMILES string of the molecule is CCOC(=O)c1cccc(NC(=O)C2CCN(c3ccc(C(F)(F)F)cc3[N+](=O)[O-])CC2)c1. The fourth-order valence-electron chi connectivity index (χ4n) is 3.68. The van der Waals surface area contributed by atoms with Crippen LogP contribution in [0.25, 0.3) is 0 Å². The number of alkyl halides is 3. The molecule has 1 heterocycles. The van der Waals surface area contributed by atoms with E-state index in [1.54, 1.807) is 30.0 Å². The predicted octanol–water partition coefficient (Wildman–Crippen LogP) is 4.65. The molecule has 1 amide bonds. The van der Waals surface area contributed by atoms with Gasteiger partial charge in [0.2, 0.25) is 5.91 Å². The molecular weight excluding hydrogens is 443 g/mol. The molecule has 33 heavy (non-hydrogen) atoms. The highest BCUT2D eigenvalue weighted by Gasteiger charge is 2.35. The number of ether oxygens (including phenoxy) is 1. The molecule has 1 aliphatic rings. The molecule has 0 unspecified atom stereocenters. The van der Waals surface area contributed by atoms with E-state index < -0.39 is 28.3 Å². The maximum absolute atomic E-state index is 12.9. The Morgan fingerprint density at radius 2 is 1.88 bits per heavy atom. The summed E-state index contributed by atoms with van der Waals surface area (Å²) in [4.78, 5) is 36.7. The summed E-state index contributed by atoms with van der Waals surface area (Å²) in [6.45, 7) is 2.46. The standard InChI is InChI=1S/C22H22F3N3O5/c1-2-33-21(30)15-4-3-5-17(12-15)26-20(29)14-8-10-27(11-9-14)18-7-6-16(22(23,24)25)13-19(18)28(31)32/h3-7,12-14H,2,8-11H2,1H3,(H,26,29). The zero-order valence-electron chi connectivity index (χ0n) is 17.7. The molecule has 0 saturated carbocycles. The molecule has 2 aromatic rings. The van der Waals surface area contributed by atoms with Crippen LogP contribution in [0.4, 0.5) is 30.2 Å². The minimum Gasteiger partial charge on any atom is -0.462 e. The van der Waals surface area contributed by atoms with Crippen molar-refractivity contribution in [3.8, 4) is 0 Å². The Labute approximate surface area is 187 Å². The molecule has 3 rings (SSSR count). The Morgan fingerprint density at radius 1 is 1.18 bits per heavy atom. The van der Waals surface area contributed by atoms with Crippen molar-refractivity contribution in [2.24, 2.45) is 5.92 Å². The molecule has 0 aliphatic carbocycles. The van der Waals surface area contributed by atoms with Gasteiger partial charge in [-0.15, -0.1) is 0 Å². The molecule has 0 spiro atoms. The number of benzene rings is 2. The van der Waals surface area contributed by atoms with E-state index in [0.29, 0.717) is 30.2 Å². The lowest BCUT2D eigenvalue weighted by Gasteiger charge is -2.32. The van der Waals surface area contributed by atoms with Crippen LogP contribution >= 0.6 is 0 Å². The second-order valence-corrected chi connectivity index (χ2v) is 7.51. The van der Waals surface area contributed by atoms with Gasteiger partial charge in [-0.25, -0.2) is 4.79 Å². The summed E-state index contributed by atoms with van der Waals surface area (Å²) >= 11 is 0. The van der Waals surface area contributed by atoms with Crippen molar-refractivity contribution in [2.45, 2.75) is 25.9 Å². The summed E-state index contributed by atoms with van der Waals surface area (Å²) in [6, 6.07) is 8.79. The molecule has 0 aromatic heterocycles. The van der Waals surface area contributed by atoms with Gasteiger partial charge < -0.3 is 15.0 Å². The zero-order valence-corrected chi connectivity index (χ0v) is 17.7.